The maximum atomic E-state index is 13.1. The Morgan fingerprint density at radius 1 is 1.03 bits per heavy atom. The lowest BCUT2D eigenvalue weighted by Crippen LogP contribution is -2.25. The van der Waals surface area contributed by atoms with Gasteiger partial charge >= 0.3 is 6.18 Å². The summed E-state index contributed by atoms with van der Waals surface area (Å²) in [6.45, 7) is 0. The number of anilines is 1. The maximum absolute atomic E-state index is 13.1. The first-order chi connectivity index (χ1) is 13.7. The molecule has 3 aromatic rings. The predicted octanol–water partition coefficient (Wildman–Crippen LogP) is 4.28. The second-order valence-electron chi connectivity index (χ2n) is 5.80. The van der Waals surface area contributed by atoms with E-state index >= 15 is 0 Å². The van der Waals surface area contributed by atoms with Gasteiger partial charge in [0.2, 0.25) is 0 Å². The minimum Gasteiger partial charge on any atom is -0.320 e. The van der Waals surface area contributed by atoms with Crippen molar-refractivity contribution in [1.29, 1.82) is 0 Å². The Kier molecular flexibility index (Phi) is 6.02. The van der Waals surface area contributed by atoms with Gasteiger partial charge in [0.1, 0.15) is 11.5 Å². The highest BCUT2D eigenvalue weighted by Crippen LogP contribution is 2.32. The largest absolute Gasteiger partial charge is 0.398 e. The van der Waals surface area contributed by atoms with Gasteiger partial charge in [0.25, 0.3) is 11.5 Å². The lowest BCUT2D eigenvalue weighted by Gasteiger charge is -2.12. The van der Waals surface area contributed by atoms with Crippen LogP contribution in [0.4, 0.5) is 23.2 Å². The van der Waals surface area contributed by atoms with E-state index < -0.39 is 29.2 Å². The van der Waals surface area contributed by atoms with E-state index in [1.807, 2.05) is 0 Å². The number of nitrogens with one attached hydrogen (secondary N) is 1. The fourth-order valence-electron chi connectivity index (χ4n) is 2.34. The minimum absolute atomic E-state index is 0.135. The van der Waals surface area contributed by atoms with Gasteiger partial charge in [-0.15, -0.1) is 11.8 Å². The Labute approximate surface area is 166 Å². The van der Waals surface area contributed by atoms with Gasteiger partial charge in [-0.05, 0) is 42.5 Å². The van der Waals surface area contributed by atoms with E-state index in [9.17, 15) is 27.2 Å². The van der Waals surface area contributed by atoms with Crippen LogP contribution in [0.25, 0.3) is 5.69 Å². The van der Waals surface area contributed by atoms with Crippen LogP contribution in [0, 0.1) is 5.82 Å². The van der Waals surface area contributed by atoms with E-state index in [-0.39, 0.29) is 22.0 Å². The summed E-state index contributed by atoms with van der Waals surface area (Å²) in [5.41, 5.74) is -0.223. The molecule has 3 rings (SSSR count). The molecule has 5 nitrogen and oxygen atoms in total. The van der Waals surface area contributed by atoms with E-state index in [1.165, 1.54) is 30.3 Å². The molecule has 1 aromatic heterocycles. The molecule has 1 N–H and O–H groups in total. The summed E-state index contributed by atoms with van der Waals surface area (Å²) >= 11 is 0.544. The zero-order valence-electron chi connectivity index (χ0n) is 14.6. The molecule has 0 saturated carbocycles. The van der Waals surface area contributed by atoms with Gasteiger partial charge in [-0.3, -0.25) is 9.59 Å². The quantitative estimate of drug-likeness (QED) is 0.492. The molecule has 0 atom stereocenters. The molecule has 1 amide bonds. The molecule has 0 bridgehead atoms. The highest BCUT2D eigenvalue weighted by molar-refractivity contribution is 7.99. The molecule has 0 aliphatic heterocycles. The van der Waals surface area contributed by atoms with Crippen molar-refractivity contribution in [2.75, 3.05) is 11.1 Å². The molecule has 0 aliphatic carbocycles. The van der Waals surface area contributed by atoms with Crippen LogP contribution >= 0.6 is 11.8 Å². The molecule has 0 spiro atoms. The first kappa shape index (κ1) is 20.6. The second-order valence-corrected chi connectivity index (χ2v) is 6.82. The fraction of sp³-hybridized carbons (Fsp3) is 0.105. The van der Waals surface area contributed by atoms with E-state index in [2.05, 4.69) is 10.4 Å². The SMILES string of the molecule is O=C(Nc1ccccc1SCC(F)(F)F)c1ccc(=O)n(-c2ccc(F)cc2)n1. The summed E-state index contributed by atoms with van der Waals surface area (Å²) in [4.78, 5) is 24.8. The van der Waals surface area contributed by atoms with Gasteiger partial charge in [0.05, 0.1) is 17.1 Å². The van der Waals surface area contributed by atoms with Crippen molar-refractivity contribution in [3.8, 4) is 5.69 Å². The lowest BCUT2D eigenvalue weighted by atomic mass is 10.3. The number of nitrogens with zero attached hydrogens (tertiary/aromatic N) is 2. The third-order valence-corrected chi connectivity index (χ3v) is 4.77. The van der Waals surface area contributed by atoms with Gasteiger partial charge in [-0.25, -0.2) is 4.39 Å². The zero-order chi connectivity index (χ0) is 21.0. The number of amides is 1. The molecule has 10 heteroatoms. The van der Waals surface area contributed by atoms with Crippen LogP contribution < -0.4 is 10.9 Å². The van der Waals surface area contributed by atoms with Crippen LogP contribution in [0.5, 0.6) is 0 Å². The molecule has 150 valence electrons. The number of para-hydroxylation sites is 1. The number of rotatable bonds is 5. The molecular formula is C19H13F4N3O2S. The van der Waals surface area contributed by atoms with Crippen LogP contribution in [0.1, 0.15) is 10.5 Å². The Morgan fingerprint density at radius 2 is 1.72 bits per heavy atom. The molecule has 29 heavy (non-hydrogen) atoms. The fourth-order valence-corrected chi connectivity index (χ4v) is 3.11. The Bertz CT molecular complexity index is 1080. The standard InChI is InChI=1S/C19H13F4N3O2S/c20-12-5-7-13(8-6-12)26-17(27)10-9-15(25-26)18(28)24-14-3-1-2-4-16(14)29-11-19(21,22)23/h1-10H,11H2,(H,24,28). The number of hydrogen-bond acceptors (Lipinski definition) is 4. The van der Waals surface area contributed by atoms with Crippen LogP contribution in [0.3, 0.4) is 0 Å². The molecule has 0 fully saturated rings. The van der Waals surface area contributed by atoms with Crippen LogP contribution in [0.2, 0.25) is 0 Å². The molecule has 0 radical (unpaired) electrons. The molecule has 0 unspecified atom stereocenters. The lowest BCUT2D eigenvalue weighted by molar-refractivity contribution is -0.105. The third kappa shape index (κ3) is 5.44. The topological polar surface area (TPSA) is 64.0 Å². The van der Waals surface area contributed by atoms with Crippen molar-refractivity contribution in [2.24, 2.45) is 0 Å². The van der Waals surface area contributed by atoms with Crippen molar-refractivity contribution < 1.29 is 22.4 Å². The first-order valence-corrected chi connectivity index (χ1v) is 9.18. The van der Waals surface area contributed by atoms with Crippen molar-refractivity contribution >= 4 is 23.4 Å². The third-order valence-electron chi connectivity index (χ3n) is 3.63. The number of carbonyl (C=O) groups is 1. The number of aromatic nitrogens is 2. The molecule has 0 saturated heterocycles. The van der Waals surface area contributed by atoms with Crippen molar-refractivity contribution in [3.05, 3.63) is 82.5 Å². The highest BCUT2D eigenvalue weighted by atomic mass is 32.2. The second kappa shape index (κ2) is 8.48. The van der Waals surface area contributed by atoms with Crippen molar-refractivity contribution in [2.45, 2.75) is 11.1 Å². The van der Waals surface area contributed by atoms with Gasteiger partial charge in [0.15, 0.2) is 0 Å². The summed E-state index contributed by atoms with van der Waals surface area (Å²) in [6, 6.07) is 13.3. The van der Waals surface area contributed by atoms with Gasteiger partial charge in [-0.1, -0.05) is 12.1 Å². The first-order valence-electron chi connectivity index (χ1n) is 8.19. The van der Waals surface area contributed by atoms with Crippen LogP contribution in [0.15, 0.2) is 70.4 Å². The average molecular weight is 423 g/mol. The van der Waals surface area contributed by atoms with E-state index in [4.69, 9.17) is 0 Å². The Hall–Kier alpha value is -3.14. The summed E-state index contributed by atoms with van der Waals surface area (Å²) < 4.78 is 51.5. The van der Waals surface area contributed by atoms with Gasteiger partial charge < -0.3 is 5.32 Å². The van der Waals surface area contributed by atoms with Crippen LogP contribution in [-0.2, 0) is 0 Å². The number of halogens is 4. The van der Waals surface area contributed by atoms with Crippen LogP contribution in [-0.4, -0.2) is 27.6 Å². The number of hydrogen-bond donors (Lipinski definition) is 1. The van der Waals surface area contributed by atoms with Crippen molar-refractivity contribution in [3.63, 3.8) is 0 Å². The monoisotopic (exact) mass is 423 g/mol. The Morgan fingerprint density at radius 3 is 2.41 bits per heavy atom. The average Bonchev–Trinajstić information content (AvgIpc) is 2.68. The Balaban J connectivity index is 1.84. The van der Waals surface area contributed by atoms with E-state index in [0.717, 1.165) is 22.9 Å². The molecule has 2 aromatic carbocycles. The predicted molar refractivity (Wildman–Crippen MR) is 101 cm³/mol. The number of alkyl halides is 3. The summed E-state index contributed by atoms with van der Waals surface area (Å²) in [7, 11) is 0. The normalized spacial score (nSPS) is 11.3. The minimum atomic E-state index is -4.35. The summed E-state index contributed by atoms with van der Waals surface area (Å²) in [6.07, 6.45) is -4.35. The van der Waals surface area contributed by atoms with Crippen molar-refractivity contribution in [1.82, 2.24) is 9.78 Å². The molecule has 0 aliphatic rings. The summed E-state index contributed by atoms with van der Waals surface area (Å²) in [5.74, 6) is -2.31. The molecular weight excluding hydrogens is 410 g/mol. The van der Waals surface area contributed by atoms with E-state index in [0.29, 0.717) is 11.8 Å². The highest BCUT2D eigenvalue weighted by Gasteiger charge is 2.27. The number of carbonyl (C=O) groups excluding carboxylic acids is 1. The smallest absolute Gasteiger partial charge is 0.320 e. The number of benzene rings is 2. The van der Waals surface area contributed by atoms with Gasteiger partial charge in [0, 0.05) is 11.0 Å². The molecule has 1 heterocycles. The number of thioether (sulfide) groups is 1. The zero-order valence-corrected chi connectivity index (χ0v) is 15.4. The maximum Gasteiger partial charge on any atom is 0.398 e. The van der Waals surface area contributed by atoms with Gasteiger partial charge in [-0.2, -0.15) is 23.0 Å². The summed E-state index contributed by atoms with van der Waals surface area (Å²) in [5, 5.41) is 6.47. The van der Waals surface area contributed by atoms with E-state index in [1.54, 1.807) is 12.1 Å².